The van der Waals surface area contributed by atoms with Gasteiger partial charge in [-0.25, -0.2) is 0 Å². The summed E-state index contributed by atoms with van der Waals surface area (Å²) in [6.45, 7) is 0. The van der Waals surface area contributed by atoms with Crippen LogP contribution in [0.3, 0.4) is 0 Å². The van der Waals surface area contributed by atoms with E-state index in [-0.39, 0.29) is 56.2 Å². The fourth-order valence-electron chi connectivity index (χ4n) is 10.3. The van der Waals surface area contributed by atoms with Gasteiger partial charge in [-0.15, -0.1) is 0 Å². The maximum absolute atomic E-state index is 15.7. The zero-order valence-corrected chi connectivity index (χ0v) is 45.9. The second-order valence-corrected chi connectivity index (χ2v) is 21.5. The fraction of sp³-hybridized carbons (Fsp3) is 0.155. The third kappa shape index (κ3) is 11.0. The smallest absolute Gasteiger partial charge is 0.283 e. The fourth-order valence-corrected chi connectivity index (χ4v) is 11.0. The van der Waals surface area contributed by atoms with Crippen LogP contribution >= 0.6 is 34.8 Å². The van der Waals surface area contributed by atoms with Crippen LogP contribution in [0.1, 0.15) is 75.3 Å². The minimum Gasteiger partial charge on any atom is -0.867 e. The molecule has 0 saturated heterocycles. The minimum atomic E-state index is -2.34. The minimum absolute atomic E-state index is 0.157. The van der Waals surface area contributed by atoms with Crippen LogP contribution in [0.25, 0.3) is 11.1 Å². The predicted molar refractivity (Wildman–Crippen MR) is 294 cm³/mol. The molecule has 0 saturated carbocycles. The molecule has 0 spiro atoms. The summed E-state index contributed by atoms with van der Waals surface area (Å²) in [5, 5.41) is 109. The molecule has 8 atom stereocenters. The summed E-state index contributed by atoms with van der Waals surface area (Å²) in [7, 11) is 0. The zero-order valence-electron chi connectivity index (χ0n) is 43.6. The molecule has 86 heavy (non-hydrogen) atoms. The lowest BCUT2D eigenvalue weighted by Gasteiger charge is -2.32. The number of carboxylic acids is 1. The number of benzene rings is 7. The van der Waals surface area contributed by atoms with E-state index >= 15 is 14.4 Å². The average Bonchev–Trinajstić information content (AvgIpc) is 3.02. The van der Waals surface area contributed by atoms with Gasteiger partial charge in [0.2, 0.25) is 29.5 Å². The van der Waals surface area contributed by atoms with Gasteiger partial charge in [0.1, 0.15) is 88.1 Å². The molecule has 28 heteroatoms. The van der Waals surface area contributed by atoms with Crippen molar-refractivity contribution in [3.63, 3.8) is 0 Å². The van der Waals surface area contributed by atoms with Crippen molar-refractivity contribution in [2.45, 2.75) is 54.8 Å². The number of carboxylic acid groups (broad SMARTS) is 1. The van der Waals surface area contributed by atoms with E-state index < -0.39 is 169 Å². The maximum atomic E-state index is 15.7. The third-order valence-electron chi connectivity index (χ3n) is 14.6. The second kappa shape index (κ2) is 22.4. The molecule has 6 amide bonds. The first-order chi connectivity index (χ1) is 40.9. The van der Waals surface area contributed by atoms with Gasteiger partial charge in [0.15, 0.2) is 17.5 Å². The standard InChI is InChI=1S/C58H44Cl3N7O18/c59-31-7-20-1-5-37(31)85-40-15-25-16-41(51(40)75)86-38-6-3-22(12-32(38)60)49(73)48-57(81)67-47(58(82)83)29-18-27(70)19-36(72)42(29)30-11-24(13-33(61)50(30)74)45(56(80)68-48)65-55(79)46(25)66-54(78)44-23-9-26(69)17-28(10-23)84-39-14-21(2-4-35(39)71)43(62)53(77)63-34(8-20)52(76)64-44/h1-7,9-19,34,43-49,69-75H,8,62H2,(H,63,77)(H,64,76)(H,65,79)(H,66,78)(H,67,81)(H,68,80)(H,82,83)/p-1/t34-,43+,44-,45+,46+,47+,48-,49+/m0/s1. The van der Waals surface area contributed by atoms with Gasteiger partial charge in [0, 0.05) is 35.2 Å². The molecular formula is C58H43Cl3N7O18-. The summed E-state index contributed by atoms with van der Waals surface area (Å²) in [6, 6.07) is 6.33. The van der Waals surface area contributed by atoms with Gasteiger partial charge in [-0.2, -0.15) is 0 Å². The van der Waals surface area contributed by atoms with Gasteiger partial charge >= 0.3 is 0 Å². The highest BCUT2D eigenvalue weighted by molar-refractivity contribution is 6.33. The molecule has 7 aromatic rings. The highest BCUT2D eigenvalue weighted by Crippen LogP contribution is 2.48. The van der Waals surface area contributed by atoms with Crippen molar-refractivity contribution in [1.29, 1.82) is 0 Å². The van der Waals surface area contributed by atoms with E-state index in [4.69, 9.17) is 49.0 Å². The van der Waals surface area contributed by atoms with E-state index in [2.05, 4.69) is 37.6 Å². The number of hydrogen-bond acceptors (Lipinski definition) is 18. The highest BCUT2D eigenvalue weighted by Gasteiger charge is 2.41. The first-order valence-corrected chi connectivity index (χ1v) is 26.8. The largest absolute Gasteiger partial charge is 0.867 e. The zero-order chi connectivity index (χ0) is 61.3. The summed E-state index contributed by atoms with van der Waals surface area (Å²) in [4.78, 5) is 103. The van der Waals surface area contributed by atoms with E-state index in [0.717, 1.165) is 66.7 Å². The summed E-state index contributed by atoms with van der Waals surface area (Å²) in [6.07, 6.45) is -2.53. The number of aliphatic hydroxyl groups excluding tert-OH is 1. The Morgan fingerprint density at radius 3 is 1.74 bits per heavy atom. The van der Waals surface area contributed by atoms with E-state index in [0.29, 0.717) is 5.56 Å². The number of carbonyl (C=O) groups excluding carboxylic acids is 7. The van der Waals surface area contributed by atoms with Gasteiger partial charge < -0.3 is 97.5 Å². The predicted octanol–water partition coefficient (Wildman–Crippen LogP) is 2.95. The molecule has 0 aromatic heterocycles. The van der Waals surface area contributed by atoms with Crippen LogP contribution in [0, 0.1) is 0 Å². The topological polar surface area (TPSA) is 414 Å². The second-order valence-electron chi connectivity index (χ2n) is 20.3. The van der Waals surface area contributed by atoms with Crippen molar-refractivity contribution in [2.24, 2.45) is 0 Å². The van der Waals surface area contributed by atoms with Crippen molar-refractivity contribution in [3.8, 4) is 80.1 Å². The Hall–Kier alpha value is -10.2. The SMILES string of the molecule is [NH3+][C@H]1C(=O)N[C@H]2Cc3ccc(c(Cl)c3)Oc3cc4cc(c3[O-])Oc3ccc(cc3Cl)[C@@H](O)[C@@H]3NC(=O)[C@H](NC(=O)[C@@H]4NC(=O)[C@@H](NC2=O)c2cc(O)cc(c2)Oc2cc1ccc2O)c1cc(Cl)c(O)c(c1)-c1c(O)cc(O)cc1[C@H](C(=O)[O-])NC3=O. The molecule has 13 rings (SSSR count). The molecule has 15 N–H and O–H groups in total. The van der Waals surface area contributed by atoms with Gasteiger partial charge in [0.25, 0.3) is 5.91 Å². The van der Waals surface area contributed by atoms with Gasteiger partial charge in [-0.3, -0.25) is 28.8 Å². The van der Waals surface area contributed by atoms with Crippen LogP contribution in [-0.2, 0) is 40.0 Å². The first kappa shape index (κ1) is 57.6. The third-order valence-corrected chi connectivity index (χ3v) is 15.4. The summed E-state index contributed by atoms with van der Waals surface area (Å²) in [5.41, 5.74) is 1.39. The Labute approximate surface area is 498 Å². The summed E-state index contributed by atoms with van der Waals surface area (Å²) in [5.74, 6) is -16.3. The van der Waals surface area contributed by atoms with E-state index in [1.165, 1.54) is 42.5 Å². The van der Waals surface area contributed by atoms with E-state index in [1.807, 2.05) is 0 Å². The Balaban J connectivity index is 1.15. The lowest BCUT2D eigenvalue weighted by molar-refractivity contribution is -0.409. The number of aliphatic hydroxyl groups is 1. The molecule has 0 radical (unpaired) electrons. The molecule has 0 aliphatic carbocycles. The normalized spacial score (nSPS) is 21.9. The van der Waals surface area contributed by atoms with E-state index in [9.17, 15) is 60.0 Å². The molecule has 0 fully saturated rings. The van der Waals surface area contributed by atoms with Gasteiger partial charge in [-0.05, 0) is 124 Å². The molecular weight excluding hydrogens is 1190 g/mol. The number of quaternary nitrogens is 1. The van der Waals surface area contributed by atoms with Gasteiger partial charge in [-0.1, -0.05) is 46.9 Å². The summed E-state index contributed by atoms with van der Waals surface area (Å²) < 4.78 is 18.3. The Morgan fingerprint density at radius 2 is 1.09 bits per heavy atom. The molecule has 6 aliphatic heterocycles. The number of fused-ring (bicyclic) bond motifs is 14. The highest BCUT2D eigenvalue weighted by atomic mass is 35.5. The lowest BCUT2D eigenvalue weighted by atomic mass is 9.89. The number of hydrogen-bond donors (Lipinski definition) is 13. The number of aliphatic carboxylic acids is 1. The molecule has 25 nitrogen and oxygen atoms in total. The quantitative estimate of drug-likeness (QED) is 0.112. The number of phenolic OH excluding ortho intramolecular Hbond substituents is 5. The number of carbonyl (C=O) groups is 7. The lowest BCUT2D eigenvalue weighted by Crippen LogP contribution is -2.62. The number of nitrogens with one attached hydrogen (secondary N) is 6. The average molecular weight is 1230 g/mol. The maximum Gasteiger partial charge on any atom is 0.283 e. The molecule has 0 unspecified atom stereocenters. The molecule has 17 bridgehead atoms. The Kier molecular flexibility index (Phi) is 15.0. The van der Waals surface area contributed by atoms with Crippen LogP contribution in [-0.4, -0.2) is 84.1 Å². The molecule has 6 heterocycles. The van der Waals surface area contributed by atoms with Crippen LogP contribution in [0.15, 0.2) is 109 Å². The van der Waals surface area contributed by atoms with E-state index in [1.54, 1.807) is 0 Å². The molecule has 6 aliphatic rings. The number of rotatable bonds is 1. The Morgan fingerprint density at radius 1 is 0.523 bits per heavy atom. The molecule has 7 aromatic carbocycles. The summed E-state index contributed by atoms with van der Waals surface area (Å²) >= 11 is 20.3. The molecule has 440 valence electrons. The Bertz CT molecular complexity index is 4090. The van der Waals surface area contributed by atoms with Crippen molar-refractivity contribution < 1.29 is 94.4 Å². The van der Waals surface area contributed by atoms with Crippen molar-refractivity contribution >= 4 is 76.2 Å². The number of halogens is 3. The monoisotopic (exact) mass is 1230 g/mol. The number of ether oxygens (including phenoxy) is 3. The first-order valence-electron chi connectivity index (χ1n) is 25.7. The van der Waals surface area contributed by atoms with Gasteiger partial charge in [0.05, 0.1) is 27.1 Å². The number of aromatic hydroxyl groups is 5. The van der Waals surface area contributed by atoms with Crippen molar-refractivity contribution in [3.05, 3.63) is 163 Å². The van der Waals surface area contributed by atoms with Crippen molar-refractivity contribution in [2.75, 3.05) is 0 Å². The van der Waals surface area contributed by atoms with Crippen LogP contribution in [0.4, 0.5) is 0 Å². The van der Waals surface area contributed by atoms with Crippen molar-refractivity contribution in [1.82, 2.24) is 31.9 Å². The van der Waals surface area contributed by atoms with Crippen LogP contribution in [0.5, 0.6) is 69.0 Å². The number of amides is 6. The van der Waals surface area contributed by atoms with Crippen LogP contribution < -0.4 is 62.1 Å². The number of phenols is 5. The van der Waals surface area contributed by atoms with Crippen LogP contribution in [0.2, 0.25) is 15.1 Å².